The summed E-state index contributed by atoms with van der Waals surface area (Å²) in [6.07, 6.45) is 10.2. The highest BCUT2D eigenvalue weighted by Crippen LogP contribution is 2.31. The van der Waals surface area contributed by atoms with Crippen molar-refractivity contribution in [2.75, 3.05) is 13.7 Å². The molecule has 2 heterocycles. The van der Waals surface area contributed by atoms with Gasteiger partial charge in [-0.15, -0.1) is 0 Å². The zero-order valence-electron chi connectivity index (χ0n) is 15.7. The van der Waals surface area contributed by atoms with Crippen LogP contribution >= 0.6 is 0 Å². The third kappa shape index (κ3) is 3.51. The fraction of sp³-hybridized carbons (Fsp3) is 0.450. The van der Waals surface area contributed by atoms with Gasteiger partial charge in [-0.2, -0.15) is 5.10 Å². The number of halogens is 1. The van der Waals surface area contributed by atoms with Gasteiger partial charge in [-0.25, -0.2) is 9.37 Å². The van der Waals surface area contributed by atoms with Gasteiger partial charge in [-0.3, -0.25) is 10.1 Å². The average molecular weight is 369 g/mol. The van der Waals surface area contributed by atoms with E-state index in [1.54, 1.807) is 20.1 Å². The maximum atomic E-state index is 14.9. The minimum absolute atomic E-state index is 0.305. The zero-order chi connectivity index (χ0) is 18.8. The Morgan fingerprint density at radius 1 is 1.19 bits per heavy atom. The molecule has 142 valence electrons. The second-order valence-electron chi connectivity index (χ2n) is 7.11. The zero-order valence-corrected chi connectivity index (χ0v) is 15.7. The maximum absolute atomic E-state index is 14.9. The number of ether oxygens (including phenoxy) is 1. The van der Waals surface area contributed by atoms with Crippen LogP contribution in [0, 0.1) is 12.7 Å². The van der Waals surface area contributed by atoms with Crippen LogP contribution in [0.15, 0.2) is 29.7 Å². The van der Waals surface area contributed by atoms with Crippen LogP contribution in [-0.2, 0) is 4.74 Å². The number of H-pyrrole nitrogens is 1. The molecule has 27 heavy (non-hydrogen) atoms. The molecule has 2 aliphatic rings. The third-order valence-corrected chi connectivity index (χ3v) is 5.58. The first kappa shape index (κ1) is 17.9. The van der Waals surface area contributed by atoms with E-state index in [-0.39, 0.29) is 5.82 Å². The Bertz CT molecular complexity index is 854. The van der Waals surface area contributed by atoms with Crippen LogP contribution in [0.3, 0.4) is 0 Å². The van der Waals surface area contributed by atoms with Crippen LogP contribution in [0.4, 0.5) is 4.39 Å². The van der Waals surface area contributed by atoms with E-state index in [2.05, 4.69) is 31.3 Å². The molecule has 0 atom stereocenters. The van der Waals surface area contributed by atoms with E-state index < -0.39 is 0 Å². The van der Waals surface area contributed by atoms with Gasteiger partial charge in [0.25, 0.3) is 0 Å². The number of benzene rings is 1. The number of aliphatic imine (C=N–C) groups is 1. The van der Waals surface area contributed by atoms with E-state index in [0.717, 1.165) is 43.5 Å². The quantitative estimate of drug-likeness (QED) is 0.895. The van der Waals surface area contributed by atoms with Crippen LogP contribution < -0.4 is 0 Å². The van der Waals surface area contributed by atoms with E-state index in [9.17, 15) is 4.39 Å². The van der Waals surface area contributed by atoms with E-state index in [0.29, 0.717) is 29.1 Å². The van der Waals surface area contributed by atoms with Crippen molar-refractivity contribution in [3.8, 4) is 11.4 Å². The molecule has 1 aromatic carbocycles. The van der Waals surface area contributed by atoms with E-state index >= 15 is 0 Å². The Kier molecular flexibility index (Phi) is 5.03. The highest BCUT2D eigenvalue weighted by atomic mass is 19.1. The fourth-order valence-electron chi connectivity index (χ4n) is 3.96. The second-order valence-corrected chi connectivity index (χ2v) is 7.11. The lowest BCUT2D eigenvalue weighted by Crippen LogP contribution is -2.38. The summed E-state index contributed by atoms with van der Waals surface area (Å²) >= 11 is 0. The van der Waals surface area contributed by atoms with Crippen molar-refractivity contribution in [3.63, 3.8) is 0 Å². The molecule has 0 amide bonds. The number of hydrogen-bond acceptors (Lipinski definition) is 5. The SMILES string of the molecule is CO[C@H]1CC[C@H](N2C=C(c3ccc(-c4nc[nH]n4)c(F)c3C)N=CC2)CC1. The van der Waals surface area contributed by atoms with Gasteiger partial charge in [0.05, 0.1) is 23.9 Å². The Morgan fingerprint density at radius 3 is 2.67 bits per heavy atom. The Balaban J connectivity index is 1.58. The smallest absolute Gasteiger partial charge is 0.183 e. The lowest BCUT2D eigenvalue weighted by Gasteiger charge is -2.36. The maximum Gasteiger partial charge on any atom is 0.183 e. The molecule has 0 saturated heterocycles. The van der Waals surface area contributed by atoms with Gasteiger partial charge in [-0.1, -0.05) is 6.07 Å². The molecule has 1 fully saturated rings. The minimum Gasteiger partial charge on any atom is -0.381 e. The predicted molar refractivity (Wildman–Crippen MR) is 103 cm³/mol. The summed E-state index contributed by atoms with van der Waals surface area (Å²) in [5.41, 5.74) is 2.56. The van der Waals surface area contributed by atoms with Gasteiger partial charge in [-0.05, 0) is 44.2 Å². The van der Waals surface area contributed by atoms with Gasteiger partial charge < -0.3 is 9.64 Å². The summed E-state index contributed by atoms with van der Waals surface area (Å²) < 4.78 is 20.4. The molecule has 2 aromatic rings. The van der Waals surface area contributed by atoms with Crippen molar-refractivity contribution >= 4 is 11.9 Å². The number of aromatic amines is 1. The van der Waals surface area contributed by atoms with Crippen LogP contribution in [0.1, 0.15) is 36.8 Å². The predicted octanol–water partition coefficient (Wildman–Crippen LogP) is 3.56. The summed E-state index contributed by atoms with van der Waals surface area (Å²) in [5.74, 6) is 0.0562. The Morgan fingerprint density at radius 2 is 1.96 bits per heavy atom. The standard InChI is InChI=1S/C20H24FN5O/c1-13-16(7-8-17(19(13)21)20-23-12-24-25-20)18-11-26(10-9-22-18)14-3-5-15(27-2)6-4-14/h7-9,11-12,14-15H,3-6,10H2,1-2H3,(H,23,24,25)/t14-,15-. The van der Waals surface area contributed by atoms with E-state index in [1.165, 1.54) is 6.33 Å². The van der Waals surface area contributed by atoms with Crippen LogP contribution in [-0.4, -0.2) is 52.1 Å². The molecule has 0 unspecified atom stereocenters. The molecule has 0 radical (unpaired) electrons. The van der Waals surface area contributed by atoms with Crippen LogP contribution in [0.25, 0.3) is 17.1 Å². The number of nitrogens with one attached hydrogen (secondary N) is 1. The first-order valence-electron chi connectivity index (χ1n) is 9.36. The largest absolute Gasteiger partial charge is 0.381 e. The molecule has 7 heteroatoms. The number of nitrogens with zero attached hydrogens (tertiary/aromatic N) is 4. The van der Waals surface area contributed by atoms with Crippen LogP contribution in [0.2, 0.25) is 0 Å². The van der Waals surface area contributed by atoms with Gasteiger partial charge in [0.1, 0.15) is 12.1 Å². The average Bonchev–Trinajstić information content (AvgIpc) is 3.25. The summed E-state index contributed by atoms with van der Waals surface area (Å²) in [4.78, 5) is 10.9. The molecule has 1 saturated carbocycles. The Hall–Kier alpha value is -2.54. The van der Waals surface area contributed by atoms with Crippen molar-refractivity contribution in [1.29, 1.82) is 0 Å². The molecule has 1 aliphatic heterocycles. The monoisotopic (exact) mass is 369 g/mol. The number of methoxy groups -OCH3 is 1. The van der Waals surface area contributed by atoms with E-state index in [4.69, 9.17) is 4.74 Å². The molecule has 6 nitrogen and oxygen atoms in total. The van der Waals surface area contributed by atoms with Crippen molar-refractivity contribution in [2.24, 2.45) is 4.99 Å². The minimum atomic E-state index is -0.305. The molecular formula is C20H24FN5O. The highest BCUT2D eigenvalue weighted by molar-refractivity contribution is 5.79. The summed E-state index contributed by atoms with van der Waals surface area (Å²) in [7, 11) is 1.79. The molecule has 4 rings (SSSR count). The second kappa shape index (κ2) is 7.60. The summed E-state index contributed by atoms with van der Waals surface area (Å²) in [6.45, 7) is 2.57. The van der Waals surface area contributed by atoms with Crippen molar-refractivity contribution < 1.29 is 9.13 Å². The van der Waals surface area contributed by atoms with Gasteiger partial charge in [0.2, 0.25) is 0 Å². The summed E-state index contributed by atoms with van der Waals surface area (Å²) in [5, 5.41) is 6.60. The number of hydrogen-bond donors (Lipinski definition) is 1. The number of rotatable bonds is 4. The van der Waals surface area contributed by atoms with Crippen molar-refractivity contribution in [3.05, 3.63) is 41.6 Å². The van der Waals surface area contributed by atoms with Gasteiger partial charge in [0, 0.05) is 31.1 Å². The van der Waals surface area contributed by atoms with Crippen molar-refractivity contribution in [1.82, 2.24) is 20.1 Å². The summed E-state index contributed by atoms with van der Waals surface area (Å²) in [6, 6.07) is 4.11. The van der Waals surface area contributed by atoms with Gasteiger partial charge >= 0.3 is 0 Å². The van der Waals surface area contributed by atoms with Crippen LogP contribution in [0.5, 0.6) is 0 Å². The number of aromatic nitrogens is 3. The highest BCUT2D eigenvalue weighted by Gasteiger charge is 2.26. The first-order chi connectivity index (χ1) is 13.2. The van der Waals surface area contributed by atoms with Gasteiger partial charge in [0.15, 0.2) is 5.82 Å². The topological polar surface area (TPSA) is 66.4 Å². The molecule has 1 aromatic heterocycles. The van der Waals surface area contributed by atoms with Crippen molar-refractivity contribution in [2.45, 2.75) is 44.8 Å². The molecule has 0 spiro atoms. The third-order valence-electron chi connectivity index (χ3n) is 5.58. The fourth-order valence-corrected chi connectivity index (χ4v) is 3.96. The Labute approximate surface area is 158 Å². The van der Waals surface area contributed by atoms with E-state index in [1.807, 2.05) is 12.3 Å². The first-order valence-corrected chi connectivity index (χ1v) is 9.36. The lowest BCUT2D eigenvalue weighted by atomic mass is 9.91. The molecule has 1 N–H and O–H groups in total. The molecule has 0 bridgehead atoms. The normalized spacial score (nSPS) is 22.8. The molecule has 1 aliphatic carbocycles. The molecular weight excluding hydrogens is 345 g/mol. The lowest BCUT2D eigenvalue weighted by molar-refractivity contribution is 0.0501.